The summed E-state index contributed by atoms with van der Waals surface area (Å²) >= 11 is 0. The lowest BCUT2D eigenvalue weighted by molar-refractivity contribution is 1.02. The molecule has 128 valence electrons. The number of para-hydroxylation sites is 1. The molecule has 3 rings (SSSR count). The Morgan fingerprint density at radius 3 is 2.12 bits per heavy atom. The molecule has 5 heteroatoms. The van der Waals surface area contributed by atoms with Gasteiger partial charge in [0, 0.05) is 50.0 Å². The first-order chi connectivity index (χ1) is 12.0. The molecule has 25 heavy (non-hydrogen) atoms. The lowest BCUT2D eigenvalue weighted by Crippen LogP contribution is -2.14. The first-order valence-electron chi connectivity index (χ1n) is 8.22. The van der Waals surface area contributed by atoms with E-state index in [4.69, 9.17) is 0 Å². The molecular weight excluding hydrogens is 310 g/mol. The van der Waals surface area contributed by atoms with Crippen LogP contribution < -0.4 is 15.1 Å². The minimum Gasteiger partial charge on any atom is -0.378 e. The summed E-state index contributed by atoms with van der Waals surface area (Å²) < 4.78 is 0. The molecule has 0 aliphatic carbocycles. The molecule has 0 aliphatic heterocycles. The molecule has 0 spiro atoms. The monoisotopic (exact) mass is 333 g/mol. The Bertz CT molecular complexity index is 828. The maximum absolute atomic E-state index is 4.66. The van der Waals surface area contributed by atoms with Gasteiger partial charge in [-0.25, -0.2) is 4.98 Å². The highest BCUT2D eigenvalue weighted by Crippen LogP contribution is 2.24. The molecule has 0 fully saturated rings. The van der Waals surface area contributed by atoms with E-state index in [1.807, 2.05) is 81.5 Å². The molecule has 0 aliphatic rings. The summed E-state index contributed by atoms with van der Waals surface area (Å²) in [6.45, 7) is 1.98. The molecule has 1 heterocycles. The van der Waals surface area contributed by atoms with Gasteiger partial charge >= 0.3 is 0 Å². The van der Waals surface area contributed by atoms with Crippen molar-refractivity contribution in [2.75, 3.05) is 36.3 Å². The van der Waals surface area contributed by atoms with Crippen LogP contribution in [0.1, 0.15) is 5.69 Å². The van der Waals surface area contributed by atoms with Gasteiger partial charge in [-0.3, -0.25) is 0 Å². The van der Waals surface area contributed by atoms with Gasteiger partial charge in [0.15, 0.2) is 0 Å². The van der Waals surface area contributed by atoms with Crippen LogP contribution in [0.15, 0.2) is 60.7 Å². The van der Waals surface area contributed by atoms with E-state index in [2.05, 4.69) is 32.3 Å². The molecule has 0 saturated heterocycles. The third kappa shape index (κ3) is 4.07. The summed E-state index contributed by atoms with van der Waals surface area (Å²) in [5.74, 6) is 1.45. The molecule has 5 nitrogen and oxygen atoms in total. The number of nitrogens with zero attached hydrogens (tertiary/aromatic N) is 4. The summed E-state index contributed by atoms with van der Waals surface area (Å²) in [5, 5.41) is 3.36. The summed E-state index contributed by atoms with van der Waals surface area (Å²) in [6, 6.07) is 20.3. The fraction of sp³-hybridized carbons (Fsp3) is 0.200. The zero-order valence-electron chi connectivity index (χ0n) is 15.1. The van der Waals surface area contributed by atoms with Crippen LogP contribution in [0.5, 0.6) is 0 Å². The fourth-order valence-electron chi connectivity index (χ4n) is 2.52. The van der Waals surface area contributed by atoms with Crippen LogP contribution in [-0.4, -0.2) is 31.1 Å². The highest BCUT2D eigenvalue weighted by Gasteiger charge is 2.09. The number of aryl methyl sites for hydroxylation is 1. The fourth-order valence-corrected chi connectivity index (χ4v) is 2.52. The smallest absolute Gasteiger partial charge is 0.231 e. The van der Waals surface area contributed by atoms with Crippen molar-refractivity contribution in [3.63, 3.8) is 0 Å². The van der Waals surface area contributed by atoms with Crippen LogP contribution in [0.2, 0.25) is 0 Å². The molecule has 1 aromatic heterocycles. The Labute approximate surface area is 149 Å². The van der Waals surface area contributed by atoms with E-state index >= 15 is 0 Å². The molecule has 0 radical (unpaired) electrons. The van der Waals surface area contributed by atoms with Crippen LogP contribution in [0.25, 0.3) is 0 Å². The third-order valence-corrected chi connectivity index (χ3v) is 3.94. The van der Waals surface area contributed by atoms with Gasteiger partial charge in [-0.05, 0) is 43.3 Å². The molecule has 0 bridgehead atoms. The van der Waals surface area contributed by atoms with Crippen molar-refractivity contribution in [3.8, 4) is 0 Å². The Balaban J connectivity index is 1.84. The van der Waals surface area contributed by atoms with Gasteiger partial charge in [-0.15, -0.1) is 0 Å². The van der Waals surface area contributed by atoms with Crippen molar-refractivity contribution in [1.82, 2.24) is 9.97 Å². The van der Waals surface area contributed by atoms with Crippen molar-refractivity contribution in [3.05, 3.63) is 66.4 Å². The number of anilines is 5. The Hall–Kier alpha value is -3.08. The molecule has 1 N–H and O–H groups in total. The van der Waals surface area contributed by atoms with Gasteiger partial charge in [-0.1, -0.05) is 18.2 Å². The summed E-state index contributed by atoms with van der Waals surface area (Å²) in [4.78, 5) is 13.3. The number of rotatable bonds is 5. The molecule has 2 aromatic carbocycles. The van der Waals surface area contributed by atoms with Crippen LogP contribution >= 0.6 is 0 Å². The van der Waals surface area contributed by atoms with E-state index in [1.54, 1.807) is 0 Å². The van der Waals surface area contributed by atoms with Crippen molar-refractivity contribution in [2.24, 2.45) is 0 Å². The predicted octanol–water partition coefficient (Wildman–Crippen LogP) is 4.36. The molecule has 0 amide bonds. The average Bonchev–Trinajstić information content (AvgIpc) is 2.62. The van der Waals surface area contributed by atoms with Crippen molar-refractivity contribution in [1.29, 1.82) is 0 Å². The van der Waals surface area contributed by atoms with Crippen molar-refractivity contribution >= 4 is 28.8 Å². The van der Waals surface area contributed by atoms with E-state index in [0.29, 0.717) is 5.95 Å². The number of aromatic nitrogens is 2. The third-order valence-electron chi connectivity index (χ3n) is 3.94. The van der Waals surface area contributed by atoms with E-state index in [9.17, 15) is 0 Å². The van der Waals surface area contributed by atoms with E-state index in [-0.39, 0.29) is 0 Å². The number of nitrogens with one attached hydrogen (secondary N) is 1. The average molecular weight is 333 g/mol. The lowest BCUT2D eigenvalue weighted by atomic mass is 10.2. The summed E-state index contributed by atoms with van der Waals surface area (Å²) in [7, 11) is 6.03. The number of benzene rings is 2. The van der Waals surface area contributed by atoms with Gasteiger partial charge in [0.1, 0.15) is 5.82 Å². The van der Waals surface area contributed by atoms with Crippen LogP contribution in [-0.2, 0) is 0 Å². The first-order valence-corrected chi connectivity index (χ1v) is 8.22. The highest BCUT2D eigenvalue weighted by atomic mass is 15.3. The molecule has 0 unspecified atom stereocenters. The van der Waals surface area contributed by atoms with Gasteiger partial charge in [0.05, 0.1) is 0 Å². The maximum Gasteiger partial charge on any atom is 0.231 e. The van der Waals surface area contributed by atoms with Crippen molar-refractivity contribution < 1.29 is 0 Å². The zero-order valence-corrected chi connectivity index (χ0v) is 15.1. The zero-order chi connectivity index (χ0) is 17.8. The SMILES string of the molecule is Cc1cc(Nc2ccc(N(C)C)cc2)nc(N(C)c2ccccc2)n1. The highest BCUT2D eigenvalue weighted by molar-refractivity contribution is 5.63. The predicted molar refractivity (Wildman–Crippen MR) is 105 cm³/mol. The lowest BCUT2D eigenvalue weighted by Gasteiger charge is -2.19. The van der Waals surface area contributed by atoms with Crippen LogP contribution in [0.4, 0.5) is 28.8 Å². The van der Waals surface area contributed by atoms with Crippen LogP contribution in [0.3, 0.4) is 0 Å². The minimum absolute atomic E-state index is 0.665. The largest absolute Gasteiger partial charge is 0.378 e. The standard InChI is InChI=1S/C20H23N5/c1-15-14-19(22-16-10-12-17(13-11-16)24(2)3)23-20(21-15)25(4)18-8-6-5-7-9-18/h5-14H,1-4H3,(H,21,22,23). The van der Waals surface area contributed by atoms with Gasteiger partial charge < -0.3 is 15.1 Å². The number of hydrogen-bond acceptors (Lipinski definition) is 5. The second kappa shape index (κ2) is 7.21. The Kier molecular flexibility index (Phi) is 4.84. The van der Waals surface area contributed by atoms with Crippen molar-refractivity contribution in [2.45, 2.75) is 6.92 Å². The number of hydrogen-bond donors (Lipinski definition) is 1. The molecular formula is C20H23N5. The summed E-state index contributed by atoms with van der Waals surface area (Å²) in [6.07, 6.45) is 0. The topological polar surface area (TPSA) is 44.3 Å². The molecule has 0 saturated carbocycles. The maximum atomic E-state index is 4.66. The van der Waals surface area contributed by atoms with Gasteiger partial charge in [-0.2, -0.15) is 4.98 Å². The van der Waals surface area contributed by atoms with Crippen LogP contribution in [0, 0.1) is 6.92 Å². The minimum atomic E-state index is 0.665. The normalized spacial score (nSPS) is 10.4. The quantitative estimate of drug-likeness (QED) is 0.751. The van der Waals surface area contributed by atoms with E-state index < -0.39 is 0 Å². The van der Waals surface area contributed by atoms with E-state index in [0.717, 1.165) is 28.6 Å². The Morgan fingerprint density at radius 2 is 1.48 bits per heavy atom. The molecule has 0 atom stereocenters. The second-order valence-electron chi connectivity index (χ2n) is 6.16. The van der Waals surface area contributed by atoms with Gasteiger partial charge in [0.25, 0.3) is 0 Å². The first kappa shape index (κ1) is 16.8. The van der Waals surface area contributed by atoms with Gasteiger partial charge in [0.2, 0.25) is 5.95 Å². The summed E-state index contributed by atoms with van der Waals surface area (Å²) in [5.41, 5.74) is 4.13. The Morgan fingerprint density at radius 1 is 0.800 bits per heavy atom. The second-order valence-corrected chi connectivity index (χ2v) is 6.16. The molecule has 3 aromatic rings. The van der Waals surface area contributed by atoms with E-state index in [1.165, 1.54) is 0 Å².